The molecule has 0 aliphatic carbocycles. The number of hydrogen-bond donors (Lipinski definition) is 5. The Morgan fingerprint density at radius 1 is 1.35 bits per heavy atom. The van der Waals surface area contributed by atoms with Crippen LogP contribution in [0, 0.1) is 0 Å². The molecular weight excluding hydrogens is 283 g/mol. The second-order valence-electron chi connectivity index (χ2n) is 4.21. The monoisotopic (exact) mass is 300 g/mol. The van der Waals surface area contributed by atoms with Crippen molar-refractivity contribution < 1.29 is 14.3 Å². The molecule has 2 heterocycles. The van der Waals surface area contributed by atoms with Crippen LogP contribution in [0.1, 0.15) is 12.0 Å². The zero-order chi connectivity index (χ0) is 14.4. The molecule has 2 aromatic rings. The van der Waals surface area contributed by atoms with Gasteiger partial charge in [0.25, 0.3) is 5.56 Å². The van der Waals surface area contributed by atoms with Crippen molar-refractivity contribution in [1.29, 1.82) is 0 Å². The minimum Gasteiger partial charge on any atom is -0.355 e. The summed E-state index contributed by atoms with van der Waals surface area (Å²) in [5.41, 5.74) is 2.01. The van der Waals surface area contributed by atoms with E-state index < -0.39 is 8.60 Å². The number of nitrogens with one attached hydrogen (secondary N) is 3. The molecule has 0 bridgehead atoms. The lowest BCUT2D eigenvalue weighted by molar-refractivity contribution is 0.251. The Kier molecular flexibility index (Phi) is 5.63. The maximum absolute atomic E-state index is 11.5. The molecule has 9 heteroatoms. The van der Waals surface area contributed by atoms with Crippen molar-refractivity contribution in [1.82, 2.24) is 20.3 Å². The molecule has 2 aromatic heterocycles. The molecule has 0 radical (unpaired) electrons. The van der Waals surface area contributed by atoms with Crippen molar-refractivity contribution in [2.75, 3.05) is 19.7 Å². The summed E-state index contributed by atoms with van der Waals surface area (Å²) in [6.07, 6.45) is 4.65. The van der Waals surface area contributed by atoms with Gasteiger partial charge in [-0.25, -0.2) is 4.98 Å². The average Bonchev–Trinajstić information content (AvgIpc) is 2.82. The minimum atomic E-state index is -2.25. The summed E-state index contributed by atoms with van der Waals surface area (Å²) in [6, 6.07) is 0. The van der Waals surface area contributed by atoms with Crippen LogP contribution in [-0.2, 0) is 10.9 Å². The molecule has 5 N–H and O–H groups in total. The average molecular weight is 300 g/mol. The highest BCUT2D eigenvalue weighted by Crippen LogP contribution is 2.23. The lowest BCUT2D eigenvalue weighted by Crippen LogP contribution is -2.19. The third kappa shape index (κ3) is 4.09. The Bertz CT molecular complexity index is 597. The summed E-state index contributed by atoms with van der Waals surface area (Å²) >= 11 is 0. The van der Waals surface area contributed by atoms with E-state index in [-0.39, 0.29) is 5.56 Å². The Balaban J connectivity index is 1.74. The van der Waals surface area contributed by atoms with Crippen LogP contribution in [0.25, 0.3) is 11.0 Å². The molecule has 0 aliphatic heterocycles. The van der Waals surface area contributed by atoms with E-state index in [1.165, 1.54) is 6.33 Å². The Morgan fingerprint density at radius 3 is 3.00 bits per heavy atom. The molecule has 0 saturated carbocycles. The summed E-state index contributed by atoms with van der Waals surface area (Å²) in [6.45, 7) is 1.78. The highest BCUT2D eigenvalue weighted by Gasteiger charge is 2.07. The molecule has 0 saturated heterocycles. The number of H-pyrrole nitrogens is 2. The van der Waals surface area contributed by atoms with E-state index in [2.05, 4.69) is 24.8 Å². The molecule has 110 valence electrons. The molecule has 0 unspecified atom stereocenters. The standard InChI is InChI=1S/C11H17N4O4P/c16-11-10-9(14-7-15-11)8(6-13-10)2-4-12-3-1-5-19-20(17)18/h6-7,12-13,17-18H,1-5H2,(H,14,15,16). The van der Waals surface area contributed by atoms with Gasteiger partial charge in [-0.15, -0.1) is 0 Å². The molecular formula is C11H17N4O4P. The molecule has 8 nitrogen and oxygen atoms in total. The van der Waals surface area contributed by atoms with Gasteiger partial charge >= 0.3 is 8.60 Å². The number of nitrogens with zero attached hydrogens (tertiary/aromatic N) is 1. The Hall–Kier alpha value is -1.31. The number of rotatable bonds is 8. The van der Waals surface area contributed by atoms with E-state index in [9.17, 15) is 4.79 Å². The molecule has 0 atom stereocenters. The highest BCUT2D eigenvalue weighted by molar-refractivity contribution is 7.39. The van der Waals surface area contributed by atoms with Gasteiger partial charge in [0.05, 0.1) is 18.5 Å². The van der Waals surface area contributed by atoms with E-state index in [4.69, 9.17) is 9.79 Å². The Morgan fingerprint density at radius 2 is 2.20 bits per heavy atom. The van der Waals surface area contributed by atoms with Gasteiger partial charge in [-0.2, -0.15) is 0 Å². The quantitative estimate of drug-likeness (QED) is 0.345. The van der Waals surface area contributed by atoms with E-state index in [0.717, 1.165) is 25.1 Å². The summed E-state index contributed by atoms with van der Waals surface area (Å²) in [5, 5.41) is 3.21. The van der Waals surface area contributed by atoms with Crippen LogP contribution in [-0.4, -0.2) is 44.4 Å². The smallest absolute Gasteiger partial charge is 0.327 e. The first kappa shape index (κ1) is 15.1. The van der Waals surface area contributed by atoms with Crippen molar-refractivity contribution in [2.24, 2.45) is 0 Å². The van der Waals surface area contributed by atoms with Crippen molar-refractivity contribution >= 4 is 19.6 Å². The van der Waals surface area contributed by atoms with Crippen LogP contribution in [0.5, 0.6) is 0 Å². The summed E-state index contributed by atoms with van der Waals surface area (Å²) in [4.78, 5) is 38.2. The van der Waals surface area contributed by atoms with Crippen LogP contribution in [0.15, 0.2) is 17.3 Å². The van der Waals surface area contributed by atoms with Crippen LogP contribution in [0.2, 0.25) is 0 Å². The number of fused-ring (bicyclic) bond motifs is 1. The Labute approximate surface area is 116 Å². The second-order valence-corrected chi connectivity index (χ2v) is 4.97. The zero-order valence-electron chi connectivity index (χ0n) is 10.8. The molecule has 0 fully saturated rings. The van der Waals surface area contributed by atoms with E-state index in [1.54, 1.807) is 6.20 Å². The molecule has 0 spiro atoms. The van der Waals surface area contributed by atoms with Crippen LogP contribution in [0.3, 0.4) is 0 Å². The van der Waals surface area contributed by atoms with E-state index >= 15 is 0 Å². The predicted molar refractivity (Wildman–Crippen MR) is 75.2 cm³/mol. The number of aromatic amines is 2. The minimum absolute atomic E-state index is 0.170. The van der Waals surface area contributed by atoms with Gasteiger partial charge in [-0.3, -0.25) is 4.79 Å². The van der Waals surface area contributed by atoms with Crippen molar-refractivity contribution in [2.45, 2.75) is 12.8 Å². The topological polar surface area (TPSA) is 123 Å². The van der Waals surface area contributed by atoms with Gasteiger partial charge in [0.2, 0.25) is 0 Å². The van der Waals surface area contributed by atoms with Crippen molar-refractivity contribution in [3.05, 3.63) is 28.4 Å². The third-order valence-corrected chi connectivity index (χ3v) is 3.24. The normalized spacial score (nSPS) is 11.6. The van der Waals surface area contributed by atoms with Gasteiger partial charge in [-0.05, 0) is 31.5 Å². The van der Waals surface area contributed by atoms with Gasteiger partial charge < -0.3 is 29.6 Å². The summed E-state index contributed by atoms with van der Waals surface area (Å²) < 4.78 is 4.65. The van der Waals surface area contributed by atoms with Gasteiger partial charge in [0.1, 0.15) is 5.52 Å². The maximum atomic E-state index is 11.5. The zero-order valence-corrected chi connectivity index (χ0v) is 11.7. The lowest BCUT2D eigenvalue weighted by atomic mass is 10.2. The fourth-order valence-corrected chi connectivity index (χ4v) is 2.18. The molecule has 0 aromatic carbocycles. The molecule has 0 aliphatic rings. The molecule has 0 amide bonds. The first-order valence-electron chi connectivity index (χ1n) is 6.23. The number of aromatic nitrogens is 3. The van der Waals surface area contributed by atoms with E-state index in [1.807, 2.05) is 0 Å². The lowest BCUT2D eigenvalue weighted by Gasteiger charge is -2.05. The second kappa shape index (κ2) is 7.47. The maximum Gasteiger partial charge on any atom is 0.327 e. The molecule has 2 rings (SSSR count). The highest BCUT2D eigenvalue weighted by atomic mass is 31.2. The fraction of sp³-hybridized carbons (Fsp3) is 0.455. The van der Waals surface area contributed by atoms with Gasteiger partial charge in [-0.1, -0.05) is 0 Å². The third-order valence-electron chi connectivity index (χ3n) is 2.82. The van der Waals surface area contributed by atoms with Gasteiger partial charge in [0, 0.05) is 6.20 Å². The van der Waals surface area contributed by atoms with Crippen molar-refractivity contribution in [3.63, 3.8) is 0 Å². The van der Waals surface area contributed by atoms with Gasteiger partial charge in [0.15, 0.2) is 0 Å². The van der Waals surface area contributed by atoms with Crippen LogP contribution in [0.4, 0.5) is 0 Å². The van der Waals surface area contributed by atoms with Crippen molar-refractivity contribution in [3.8, 4) is 0 Å². The SMILES string of the molecule is O=c1[nH]cnc2c(CCNCCCOP(O)O)c[nH]c12. The molecule has 20 heavy (non-hydrogen) atoms. The van der Waals surface area contributed by atoms with Crippen LogP contribution < -0.4 is 10.9 Å². The fourth-order valence-electron chi connectivity index (χ4n) is 1.89. The van der Waals surface area contributed by atoms with E-state index in [0.29, 0.717) is 24.1 Å². The number of hydrogen-bond acceptors (Lipinski definition) is 6. The largest absolute Gasteiger partial charge is 0.355 e. The first-order chi connectivity index (χ1) is 9.68. The summed E-state index contributed by atoms with van der Waals surface area (Å²) in [5.74, 6) is 0. The van der Waals surface area contributed by atoms with Crippen LogP contribution >= 0.6 is 8.60 Å². The predicted octanol–water partition coefficient (Wildman–Crippen LogP) is 0.00150. The summed E-state index contributed by atoms with van der Waals surface area (Å²) in [7, 11) is -2.25. The first-order valence-corrected chi connectivity index (χ1v) is 7.40.